The first-order chi connectivity index (χ1) is 8.20. The highest BCUT2D eigenvalue weighted by Gasteiger charge is 2.14. The number of phenolic OH excluding ortho intramolecular Hbond substituents is 1. The van der Waals surface area contributed by atoms with Crippen molar-refractivity contribution < 1.29 is 5.11 Å². The van der Waals surface area contributed by atoms with Crippen LogP contribution in [0.25, 0.3) is 6.08 Å². The fourth-order valence-corrected chi connectivity index (χ4v) is 2.16. The molecule has 0 bridgehead atoms. The van der Waals surface area contributed by atoms with Crippen molar-refractivity contribution in [2.75, 3.05) is 5.75 Å². The molecule has 0 fully saturated rings. The lowest BCUT2D eigenvalue weighted by atomic mass is 10.2. The minimum Gasteiger partial charge on any atom is -0.507 e. The molecule has 0 aliphatic carbocycles. The van der Waals surface area contributed by atoms with Crippen LogP contribution in [0.5, 0.6) is 5.75 Å². The largest absolute Gasteiger partial charge is 0.507 e. The second kappa shape index (κ2) is 5.38. The molecule has 3 nitrogen and oxygen atoms in total. The molecule has 1 aromatic carbocycles. The number of aromatic hydroxyl groups is 1. The van der Waals surface area contributed by atoms with Crippen LogP contribution in [0.4, 0.5) is 0 Å². The number of nitrogens with zero attached hydrogens (tertiary/aromatic N) is 2. The average Bonchev–Trinajstić information content (AvgIpc) is 2.63. The second-order valence-electron chi connectivity index (χ2n) is 3.32. The summed E-state index contributed by atoms with van der Waals surface area (Å²) in [5.74, 6) is 1.10. The van der Waals surface area contributed by atoms with Gasteiger partial charge in [-0.25, -0.2) is 9.98 Å². The summed E-state index contributed by atoms with van der Waals surface area (Å²) < 4.78 is 0. The van der Waals surface area contributed by atoms with E-state index in [1.807, 2.05) is 13.0 Å². The van der Waals surface area contributed by atoms with Gasteiger partial charge in [-0.05, 0) is 17.9 Å². The van der Waals surface area contributed by atoms with E-state index >= 15 is 0 Å². The van der Waals surface area contributed by atoms with E-state index in [2.05, 4.69) is 9.98 Å². The van der Waals surface area contributed by atoms with Crippen molar-refractivity contribution in [2.24, 2.45) is 9.98 Å². The Bertz CT molecular complexity index is 523. The van der Waals surface area contributed by atoms with Crippen LogP contribution in [-0.4, -0.2) is 21.2 Å². The normalized spacial score (nSPS) is 17.2. The van der Waals surface area contributed by atoms with Crippen molar-refractivity contribution >= 4 is 39.8 Å². The van der Waals surface area contributed by atoms with Crippen LogP contribution >= 0.6 is 23.4 Å². The maximum absolute atomic E-state index is 9.65. The van der Waals surface area contributed by atoms with Gasteiger partial charge in [0.05, 0.1) is 0 Å². The van der Waals surface area contributed by atoms with E-state index in [-0.39, 0.29) is 5.75 Å². The maximum Gasteiger partial charge on any atom is 0.189 e. The highest BCUT2D eigenvalue weighted by Crippen LogP contribution is 2.25. The Labute approximate surface area is 109 Å². The summed E-state index contributed by atoms with van der Waals surface area (Å²) >= 11 is 7.52. The first kappa shape index (κ1) is 12.2. The van der Waals surface area contributed by atoms with Crippen LogP contribution in [0, 0.1) is 0 Å². The van der Waals surface area contributed by atoms with E-state index in [4.69, 9.17) is 11.6 Å². The molecule has 0 aromatic heterocycles. The molecule has 0 atom stereocenters. The minimum atomic E-state index is 0.205. The summed E-state index contributed by atoms with van der Waals surface area (Å²) in [5, 5.41) is 10.7. The summed E-state index contributed by atoms with van der Waals surface area (Å²) in [6.07, 6.45) is 1.73. The lowest BCUT2D eigenvalue weighted by Crippen LogP contribution is -1.85. The van der Waals surface area contributed by atoms with Gasteiger partial charge in [-0.1, -0.05) is 48.5 Å². The number of halogens is 1. The minimum absolute atomic E-state index is 0.205. The summed E-state index contributed by atoms with van der Waals surface area (Å²) in [6.45, 7) is 2.03. The van der Waals surface area contributed by atoms with Crippen LogP contribution in [0.1, 0.15) is 12.5 Å². The van der Waals surface area contributed by atoms with Crippen LogP contribution in [0.2, 0.25) is 0 Å². The molecular weight excluding hydrogens is 256 g/mol. The summed E-state index contributed by atoms with van der Waals surface area (Å²) in [5.41, 5.74) is 1.27. The van der Waals surface area contributed by atoms with Gasteiger partial charge in [-0.3, -0.25) is 0 Å². The molecule has 0 spiro atoms. The molecule has 1 N–H and O–H groups in total. The number of hydrogen-bond donors (Lipinski definition) is 1. The Morgan fingerprint density at radius 2 is 2.12 bits per heavy atom. The molecular formula is C12H11ClN2OS. The predicted octanol–water partition coefficient (Wildman–Crippen LogP) is 3.49. The molecule has 0 saturated heterocycles. The third kappa shape index (κ3) is 2.90. The number of phenols is 1. The van der Waals surface area contributed by atoms with Crippen molar-refractivity contribution in [3.63, 3.8) is 0 Å². The molecule has 1 aliphatic rings. The quantitative estimate of drug-likeness (QED) is 0.891. The highest BCUT2D eigenvalue weighted by atomic mass is 35.5. The monoisotopic (exact) mass is 266 g/mol. The van der Waals surface area contributed by atoms with Crippen molar-refractivity contribution in [2.45, 2.75) is 6.92 Å². The Morgan fingerprint density at radius 3 is 2.82 bits per heavy atom. The number of thioether (sulfide) groups is 1. The van der Waals surface area contributed by atoms with Gasteiger partial charge < -0.3 is 5.11 Å². The number of amidine groups is 1. The lowest BCUT2D eigenvalue weighted by molar-refractivity contribution is 0.474. The zero-order valence-electron chi connectivity index (χ0n) is 9.22. The molecule has 1 aliphatic heterocycles. The smallest absolute Gasteiger partial charge is 0.189 e. The number of allylic oxidation sites excluding steroid dienone is 1. The Morgan fingerprint density at radius 1 is 1.35 bits per heavy atom. The van der Waals surface area contributed by atoms with Crippen LogP contribution in [0.3, 0.4) is 0 Å². The van der Waals surface area contributed by atoms with Gasteiger partial charge >= 0.3 is 0 Å². The molecule has 1 heterocycles. The predicted molar refractivity (Wildman–Crippen MR) is 74.9 cm³/mol. The second-order valence-corrected chi connectivity index (χ2v) is 4.91. The number of rotatable bonds is 2. The third-order valence-electron chi connectivity index (χ3n) is 2.12. The highest BCUT2D eigenvalue weighted by molar-refractivity contribution is 8.13. The standard InChI is InChI=1S/C12H11ClN2OS/c1-2-17-12-14-9(11(13)15-12)7-8-5-3-4-6-10(8)16/h3-7,16H,2H2,1H3. The van der Waals surface area contributed by atoms with Crippen molar-refractivity contribution in [3.05, 3.63) is 35.5 Å². The van der Waals surface area contributed by atoms with Crippen LogP contribution in [-0.2, 0) is 0 Å². The van der Waals surface area contributed by atoms with E-state index in [0.29, 0.717) is 21.6 Å². The van der Waals surface area contributed by atoms with E-state index in [1.54, 1.807) is 24.3 Å². The molecule has 17 heavy (non-hydrogen) atoms. The first-order valence-corrected chi connectivity index (χ1v) is 6.53. The Balaban J connectivity index is 2.30. The number of para-hydroxylation sites is 1. The fourth-order valence-electron chi connectivity index (χ4n) is 1.36. The maximum atomic E-state index is 9.65. The van der Waals surface area contributed by atoms with E-state index in [9.17, 15) is 5.11 Å². The van der Waals surface area contributed by atoms with Gasteiger partial charge in [0.2, 0.25) is 0 Å². The number of hydrogen-bond acceptors (Lipinski definition) is 4. The van der Waals surface area contributed by atoms with E-state index < -0.39 is 0 Å². The average molecular weight is 267 g/mol. The van der Waals surface area contributed by atoms with Crippen molar-refractivity contribution in [1.82, 2.24) is 0 Å². The van der Waals surface area contributed by atoms with E-state index in [1.165, 1.54) is 11.8 Å². The Hall–Kier alpha value is -1.26. The molecule has 0 radical (unpaired) electrons. The summed E-state index contributed by atoms with van der Waals surface area (Å²) in [7, 11) is 0. The lowest BCUT2D eigenvalue weighted by Gasteiger charge is -1.98. The van der Waals surface area contributed by atoms with Gasteiger partial charge in [0.1, 0.15) is 11.4 Å². The van der Waals surface area contributed by atoms with Gasteiger partial charge in [0.15, 0.2) is 10.3 Å². The molecule has 0 amide bonds. The fraction of sp³-hybridized carbons (Fsp3) is 0.167. The van der Waals surface area contributed by atoms with Crippen molar-refractivity contribution in [1.29, 1.82) is 0 Å². The van der Waals surface area contributed by atoms with Crippen LogP contribution < -0.4 is 0 Å². The third-order valence-corrected chi connectivity index (χ3v) is 3.13. The van der Waals surface area contributed by atoms with Gasteiger partial charge in [-0.15, -0.1) is 0 Å². The van der Waals surface area contributed by atoms with Crippen molar-refractivity contribution in [3.8, 4) is 5.75 Å². The summed E-state index contributed by atoms with van der Waals surface area (Å²) in [4.78, 5) is 8.42. The number of benzene rings is 1. The molecule has 2 rings (SSSR count). The molecule has 5 heteroatoms. The van der Waals surface area contributed by atoms with Crippen LogP contribution in [0.15, 0.2) is 39.9 Å². The summed E-state index contributed by atoms with van der Waals surface area (Å²) in [6, 6.07) is 7.03. The Kier molecular flexibility index (Phi) is 3.86. The zero-order valence-corrected chi connectivity index (χ0v) is 10.8. The topological polar surface area (TPSA) is 45.0 Å². The molecule has 0 saturated carbocycles. The number of aliphatic imine (C=N–C) groups is 2. The van der Waals surface area contributed by atoms with Gasteiger partial charge in [-0.2, -0.15) is 0 Å². The van der Waals surface area contributed by atoms with Gasteiger partial charge in [0.25, 0.3) is 0 Å². The van der Waals surface area contributed by atoms with E-state index in [0.717, 1.165) is 5.75 Å². The SMILES string of the molecule is CCSC1=NC(=Cc2ccccc2O)C(Cl)=N1. The first-order valence-electron chi connectivity index (χ1n) is 5.16. The molecule has 0 unspecified atom stereocenters. The molecule has 88 valence electrons. The zero-order chi connectivity index (χ0) is 12.3. The molecule has 1 aromatic rings. The van der Waals surface area contributed by atoms with Gasteiger partial charge in [0, 0.05) is 5.56 Å².